The third-order valence-electron chi connectivity index (χ3n) is 17.7. The van der Waals surface area contributed by atoms with Crippen LogP contribution in [0.4, 0.5) is 0 Å². The summed E-state index contributed by atoms with van der Waals surface area (Å²) in [5.74, 6) is 3.98. The van der Waals surface area contributed by atoms with Crippen molar-refractivity contribution in [3.05, 3.63) is 23.8 Å². The van der Waals surface area contributed by atoms with Crippen molar-refractivity contribution in [1.82, 2.24) is 4.90 Å². The maximum absolute atomic E-state index is 12.9. The lowest BCUT2D eigenvalue weighted by Gasteiger charge is -2.58. The Labute approximate surface area is 411 Å². The van der Waals surface area contributed by atoms with Crippen molar-refractivity contribution in [1.29, 1.82) is 0 Å². The number of ether oxygens (including phenoxy) is 5. The van der Waals surface area contributed by atoms with E-state index >= 15 is 0 Å². The van der Waals surface area contributed by atoms with E-state index in [1.807, 2.05) is 0 Å². The monoisotopic (exact) mass is 938 g/mol. The molecule has 0 aromatic heterocycles. The van der Waals surface area contributed by atoms with Gasteiger partial charge in [-0.25, -0.2) is 9.59 Å². The minimum Gasteiger partial charge on any atom is -0.462 e. The number of rotatable bonds is 34. The van der Waals surface area contributed by atoms with E-state index in [0.29, 0.717) is 18.6 Å². The zero-order valence-electron chi connectivity index (χ0n) is 44.3. The van der Waals surface area contributed by atoms with Gasteiger partial charge in [0, 0.05) is 19.6 Å². The molecule has 9 atom stereocenters. The Balaban J connectivity index is 0.905. The van der Waals surface area contributed by atoms with Gasteiger partial charge in [-0.2, -0.15) is 0 Å². The molecule has 0 aromatic carbocycles. The molecule has 1 heterocycles. The van der Waals surface area contributed by atoms with E-state index in [4.69, 9.17) is 23.7 Å². The Kier molecular flexibility index (Phi) is 25.9. The molecule has 0 amide bonds. The van der Waals surface area contributed by atoms with Gasteiger partial charge in [0.25, 0.3) is 0 Å². The zero-order chi connectivity index (χ0) is 47.7. The third-order valence-corrected chi connectivity index (χ3v) is 17.7. The Hall–Kier alpha value is -1.74. The van der Waals surface area contributed by atoms with Crippen LogP contribution in [-0.4, -0.2) is 88.3 Å². The van der Waals surface area contributed by atoms with E-state index in [2.05, 4.69) is 64.7 Å². The minimum absolute atomic E-state index is 0.0584. The van der Waals surface area contributed by atoms with Crippen LogP contribution in [0.5, 0.6) is 0 Å². The summed E-state index contributed by atoms with van der Waals surface area (Å²) in [5, 5.41) is 0. The molecule has 8 heteroatoms. The Morgan fingerprint density at radius 2 is 1.43 bits per heavy atom. The Morgan fingerprint density at radius 3 is 2.16 bits per heavy atom. The van der Waals surface area contributed by atoms with Crippen LogP contribution in [0.15, 0.2) is 23.8 Å². The Morgan fingerprint density at radius 1 is 0.731 bits per heavy atom. The number of likely N-dealkylation sites (tertiary alicyclic amines) is 1. The zero-order valence-corrected chi connectivity index (χ0v) is 44.3. The normalized spacial score (nSPS) is 28.5. The summed E-state index contributed by atoms with van der Waals surface area (Å²) >= 11 is 0. The molecule has 0 aromatic rings. The molecule has 5 aliphatic rings. The van der Waals surface area contributed by atoms with Crippen LogP contribution in [0, 0.1) is 46.3 Å². The first-order valence-electron chi connectivity index (χ1n) is 28.7. The first-order chi connectivity index (χ1) is 32.5. The second kappa shape index (κ2) is 30.9. The lowest BCUT2D eigenvalue weighted by molar-refractivity contribution is -0.161. The minimum atomic E-state index is -0.492. The van der Waals surface area contributed by atoms with E-state index in [0.717, 1.165) is 87.4 Å². The molecule has 4 fully saturated rings. The van der Waals surface area contributed by atoms with Crippen molar-refractivity contribution in [3.8, 4) is 0 Å². The maximum atomic E-state index is 12.9. The fourth-order valence-electron chi connectivity index (χ4n) is 13.9. The average Bonchev–Trinajstić information content (AvgIpc) is 3.67. The number of fused-ring (bicyclic) bond motifs is 5. The van der Waals surface area contributed by atoms with Gasteiger partial charge in [0.15, 0.2) is 0 Å². The molecule has 5 rings (SSSR count). The van der Waals surface area contributed by atoms with Crippen LogP contribution in [0.1, 0.15) is 221 Å². The van der Waals surface area contributed by atoms with Gasteiger partial charge in [0.1, 0.15) is 25.9 Å². The standard InChI is InChI=1S/C59H103NO7/c1-7-8-9-10-11-12-13-14-15-16-17-18-19-20-21-25-39-63-44-51(43-60-37-23-22-24-38-60)65-40-41-66-56(61)45-64-46-57(62)67-50-33-35-58(5)49(42-50)29-30-52-54-32-31-53(48(4)28-26-27-47(2)3)59(54,6)36-34-55(52)58/h14-15,29,47-48,50-55H,7-13,16-28,30-46H2,1-6H3/t48-,50+,51?,52+,53-,54+,55+,58+,59-/m1/s1. The number of esters is 2. The predicted octanol–water partition coefficient (Wildman–Crippen LogP) is 14.4. The van der Waals surface area contributed by atoms with Gasteiger partial charge >= 0.3 is 11.9 Å². The van der Waals surface area contributed by atoms with Gasteiger partial charge in [0.2, 0.25) is 0 Å². The largest absolute Gasteiger partial charge is 0.462 e. The number of piperidine rings is 1. The molecule has 0 radical (unpaired) electrons. The van der Waals surface area contributed by atoms with Gasteiger partial charge < -0.3 is 28.6 Å². The predicted molar refractivity (Wildman–Crippen MR) is 275 cm³/mol. The molecule has 1 unspecified atom stereocenters. The summed E-state index contributed by atoms with van der Waals surface area (Å²) in [7, 11) is 0. The lowest BCUT2D eigenvalue weighted by Crippen LogP contribution is -2.51. The van der Waals surface area contributed by atoms with Gasteiger partial charge in [-0.15, -0.1) is 0 Å². The highest BCUT2D eigenvalue weighted by molar-refractivity contribution is 5.73. The average molecular weight is 938 g/mol. The number of hydrogen-bond donors (Lipinski definition) is 0. The van der Waals surface area contributed by atoms with Gasteiger partial charge in [0.05, 0.1) is 19.3 Å². The van der Waals surface area contributed by atoms with Gasteiger partial charge in [-0.1, -0.05) is 149 Å². The van der Waals surface area contributed by atoms with Gasteiger partial charge in [-0.05, 0) is 149 Å². The van der Waals surface area contributed by atoms with Crippen LogP contribution in [0.3, 0.4) is 0 Å². The molecule has 0 N–H and O–H groups in total. The number of hydrogen-bond acceptors (Lipinski definition) is 8. The highest BCUT2D eigenvalue weighted by atomic mass is 16.6. The summed E-state index contributed by atoms with van der Waals surface area (Å²) in [6.07, 6.45) is 42.8. The third kappa shape index (κ3) is 18.8. The van der Waals surface area contributed by atoms with Crippen molar-refractivity contribution >= 4 is 11.9 Å². The van der Waals surface area contributed by atoms with Crippen molar-refractivity contribution < 1.29 is 33.3 Å². The molecular formula is C59H103NO7. The molecule has 0 bridgehead atoms. The van der Waals surface area contributed by atoms with Crippen molar-refractivity contribution in [3.63, 3.8) is 0 Å². The number of allylic oxidation sites excluding steroid dienone is 3. The molecule has 1 aliphatic heterocycles. The first-order valence-corrected chi connectivity index (χ1v) is 28.7. The molecule has 0 spiro atoms. The van der Waals surface area contributed by atoms with Crippen LogP contribution in [0.25, 0.3) is 0 Å². The van der Waals surface area contributed by atoms with Crippen molar-refractivity contribution in [2.24, 2.45) is 46.3 Å². The van der Waals surface area contributed by atoms with E-state index in [-0.39, 0.29) is 37.4 Å². The lowest BCUT2D eigenvalue weighted by atomic mass is 9.47. The van der Waals surface area contributed by atoms with Crippen molar-refractivity contribution in [2.45, 2.75) is 234 Å². The maximum Gasteiger partial charge on any atom is 0.332 e. The van der Waals surface area contributed by atoms with Gasteiger partial charge in [-0.3, -0.25) is 0 Å². The SMILES string of the molecule is CCCCCCCCC=CCCCCCCCCOCC(CN1CCCCC1)OCCOC(=O)COCC(=O)O[C@H]1CC[C@@]2(C)C(=CC[C@H]3[C@@H]4CC[C@H]([C@H](C)CCCC(C)C)[C@@]4(C)CC[C@@H]32)C1. The second-order valence-electron chi connectivity index (χ2n) is 23.2. The van der Waals surface area contributed by atoms with E-state index in [9.17, 15) is 9.59 Å². The topological polar surface area (TPSA) is 83.5 Å². The van der Waals surface area contributed by atoms with Crippen LogP contribution in [-0.2, 0) is 33.3 Å². The summed E-state index contributed by atoms with van der Waals surface area (Å²) in [4.78, 5) is 27.9. The van der Waals surface area contributed by atoms with E-state index in [1.54, 1.807) is 0 Å². The fraction of sp³-hybridized carbons (Fsp3) is 0.898. The number of nitrogens with zero attached hydrogens (tertiary/aromatic N) is 1. The molecule has 67 heavy (non-hydrogen) atoms. The summed E-state index contributed by atoms with van der Waals surface area (Å²) in [6, 6.07) is 0. The quantitative estimate of drug-likeness (QED) is 0.0358. The number of unbranched alkanes of at least 4 members (excludes halogenated alkanes) is 12. The molecule has 1 saturated heterocycles. The molecule has 8 nitrogen and oxygen atoms in total. The summed E-state index contributed by atoms with van der Waals surface area (Å²) in [5.41, 5.74) is 2.22. The number of carbonyl (C=O) groups is 2. The number of carbonyl (C=O) groups excluding carboxylic acids is 2. The molecule has 4 aliphatic carbocycles. The highest BCUT2D eigenvalue weighted by Crippen LogP contribution is 2.67. The van der Waals surface area contributed by atoms with Crippen LogP contribution < -0.4 is 0 Å². The summed E-state index contributed by atoms with van der Waals surface area (Å²) < 4.78 is 29.2. The molecule has 3 saturated carbocycles. The first kappa shape index (κ1) is 56.2. The highest BCUT2D eigenvalue weighted by Gasteiger charge is 2.59. The Bertz CT molecular complexity index is 1440. The van der Waals surface area contributed by atoms with Crippen molar-refractivity contribution in [2.75, 3.05) is 59.3 Å². The smallest absolute Gasteiger partial charge is 0.332 e. The fourth-order valence-corrected chi connectivity index (χ4v) is 13.9. The molecule has 386 valence electrons. The second-order valence-corrected chi connectivity index (χ2v) is 23.2. The molecular weight excluding hydrogens is 835 g/mol. The summed E-state index contributed by atoms with van der Waals surface area (Å²) in [6.45, 7) is 19.0. The van der Waals surface area contributed by atoms with E-state index < -0.39 is 11.9 Å². The van der Waals surface area contributed by atoms with Crippen LogP contribution >= 0.6 is 0 Å². The van der Waals surface area contributed by atoms with Crippen LogP contribution in [0.2, 0.25) is 0 Å². The van der Waals surface area contributed by atoms with E-state index in [1.165, 1.54) is 160 Å².